The lowest BCUT2D eigenvalue weighted by atomic mass is 9.98. The number of rotatable bonds is 1. The van der Waals surface area contributed by atoms with E-state index < -0.39 is 0 Å². The molecule has 1 heterocycles. The van der Waals surface area contributed by atoms with Crippen LogP contribution in [0.25, 0.3) is 17.2 Å². The molecule has 0 saturated carbocycles. The molecule has 0 amide bonds. The van der Waals surface area contributed by atoms with Gasteiger partial charge in [0.15, 0.2) is 0 Å². The van der Waals surface area contributed by atoms with Gasteiger partial charge in [0.25, 0.3) is 0 Å². The summed E-state index contributed by atoms with van der Waals surface area (Å²) < 4.78 is 0. The normalized spacial score (nSPS) is 13.0. The summed E-state index contributed by atoms with van der Waals surface area (Å²) in [5.41, 5.74) is 5.24. The Labute approximate surface area is 95.4 Å². The molecule has 0 saturated heterocycles. The van der Waals surface area contributed by atoms with E-state index in [1.807, 2.05) is 12.3 Å². The van der Waals surface area contributed by atoms with Crippen LogP contribution in [0.15, 0.2) is 54.7 Å². The summed E-state index contributed by atoms with van der Waals surface area (Å²) in [7, 11) is 0. The molecule has 0 aliphatic carbocycles. The van der Waals surface area contributed by atoms with Gasteiger partial charge in [-0.1, -0.05) is 42.5 Å². The monoisotopic (exact) mass is 207 g/mol. The van der Waals surface area contributed by atoms with Crippen LogP contribution in [0.3, 0.4) is 0 Å². The Hall–Kier alpha value is -2.02. The summed E-state index contributed by atoms with van der Waals surface area (Å²) in [5, 5.41) is 3.22. The van der Waals surface area contributed by atoms with Crippen molar-refractivity contribution in [3.63, 3.8) is 0 Å². The van der Waals surface area contributed by atoms with Crippen LogP contribution in [0.4, 0.5) is 0 Å². The van der Waals surface area contributed by atoms with Crippen LogP contribution < -0.4 is 5.32 Å². The van der Waals surface area contributed by atoms with Gasteiger partial charge in [-0.15, -0.1) is 0 Å². The predicted octanol–water partition coefficient (Wildman–Crippen LogP) is 3.43. The molecule has 1 N–H and O–H groups in total. The fraction of sp³-hybridized carbons (Fsp3) is 0.0667. The standard InChI is InChI=1S/C15H13N/c1-2-4-12(5-3-1)13-6-7-15-11-16-9-8-14(15)10-13/h1-10,16H,11H2. The van der Waals surface area contributed by atoms with E-state index in [1.54, 1.807) is 0 Å². The van der Waals surface area contributed by atoms with E-state index in [0.717, 1.165) is 6.54 Å². The first-order valence-electron chi connectivity index (χ1n) is 5.52. The third-order valence-electron chi connectivity index (χ3n) is 2.93. The van der Waals surface area contributed by atoms with Crippen molar-refractivity contribution in [2.75, 3.05) is 0 Å². The second kappa shape index (κ2) is 3.86. The third kappa shape index (κ3) is 1.61. The lowest BCUT2D eigenvalue weighted by Crippen LogP contribution is -2.09. The first-order chi connectivity index (χ1) is 7.93. The molecule has 2 aromatic rings. The van der Waals surface area contributed by atoms with E-state index in [9.17, 15) is 0 Å². The van der Waals surface area contributed by atoms with Crippen LogP contribution >= 0.6 is 0 Å². The minimum Gasteiger partial charge on any atom is -0.387 e. The third-order valence-corrected chi connectivity index (χ3v) is 2.93. The van der Waals surface area contributed by atoms with Crippen LogP contribution in [0, 0.1) is 0 Å². The zero-order chi connectivity index (χ0) is 10.8. The largest absolute Gasteiger partial charge is 0.387 e. The highest BCUT2D eigenvalue weighted by molar-refractivity contribution is 5.69. The van der Waals surface area contributed by atoms with Crippen molar-refractivity contribution < 1.29 is 0 Å². The number of nitrogens with one attached hydrogen (secondary N) is 1. The van der Waals surface area contributed by atoms with Crippen LogP contribution in [0.5, 0.6) is 0 Å². The molecular formula is C15H13N. The summed E-state index contributed by atoms with van der Waals surface area (Å²) in [6.45, 7) is 0.931. The summed E-state index contributed by atoms with van der Waals surface area (Å²) in [5.74, 6) is 0. The SMILES string of the molecule is C1=Cc2cc(-c3ccccc3)ccc2CN1. The van der Waals surface area contributed by atoms with Crippen molar-refractivity contribution in [2.24, 2.45) is 0 Å². The van der Waals surface area contributed by atoms with Gasteiger partial charge in [-0.05, 0) is 40.6 Å². The topological polar surface area (TPSA) is 12.0 Å². The highest BCUT2D eigenvalue weighted by atomic mass is 14.8. The van der Waals surface area contributed by atoms with Gasteiger partial charge in [-0.25, -0.2) is 0 Å². The minimum atomic E-state index is 0.931. The molecule has 0 spiro atoms. The lowest BCUT2D eigenvalue weighted by molar-refractivity contribution is 0.859. The molecule has 3 rings (SSSR count). The number of hydrogen-bond acceptors (Lipinski definition) is 1. The van der Waals surface area contributed by atoms with Crippen molar-refractivity contribution in [1.29, 1.82) is 0 Å². The minimum absolute atomic E-state index is 0.931. The maximum absolute atomic E-state index is 3.22. The molecule has 0 fully saturated rings. The molecule has 0 atom stereocenters. The second-order valence-corrected chi connectivity index (χ2v) is 3.99. The molecule has 0 bridgehead atoms. The average Bonchev–Trinajstić information content (AvgIpc) is 2.39. The van der Waals surface area contributed by atoms with Crippen molar-refractivity contribution in [1.82, 2.24) is 5.32 Å². The van der Waals surface area contributed by atoms with E-state index >= 15 is 0 Å². The molecule has 1 aliphatic heterocycles. The van der Waals surface area contributed by atoms with E-state index in [2.05, 4.69) is 53.9 Å². The molecule has 0 aromatic heterocycles. The molecule has 1 heteroatoms. The lowest BCUT2D eigenvalue weighted by Gasteiger charge is -2.13. The Morgan fingerprint density at radius 3 is 2.62 bits per heavy atom. The van der Waals surface area contributed by atoms with E-state index in [0.29, 0.717) is 0 Å². The van der Waals surface area contributed by atoms with E-state index in [1.165, 1.54) is 22.3 Å². The quantitative estimate of drug-likeness (QED) is 0.755. The maximum Gasteiger partial charge on any atom is 0.0401 e. The van der Waals surface area contributed by atoms with Gasteiger partial charge in [-0.2, -0.15) is 0 Å². The number of benzene rings is 2. The van der Waals surface area contributed by atoms with E-state index in [4.69, 9.17) is 0 Å². The first-order valence-corrected chi connectivity index (χ1v) is 5.52. The van der Waals surface area contributed by atoms with Crippen LogP contribution in [-0.2, 0) is 6.54 Å². The summed E-state index contributed by atoms with van der Waals surface area (Å²) in [6.07, 6.45) is 4.14. The molecule has 0 radical (unpaired) electrons. The molecular weight excluding hydrogens is 194 g/mol. The van der Waals surface area contributed by atoms with Crippen LogP contribution in [0.1, 0.15) is 11.1 Å². The Bertz CT molecular complexity index is 526. The average molecular weight is 207 g/mol. The first kappa shape index (κ1) is 9.22. The highest BCUT2D eigenvalue weighted by Crippen LogP contribution is 2.24. The Morgan fingerprint density at radius 1 is 0.875 bits per heavy atom. The predicted molar refractivity (Wildman–Crippen MR) is 67.8 cm³/mol. The Balaban J connectivity index is 2.08. The molecule has 78 valence electrons. The molecule has 1 aliphatic rings. The zero-order valence-corrected chi connectivity index (χ0v) is 8.98. The molecule has 0 unspecified atom stereocenters. The zero-order valence-electron chi connectivity index (χ0n) is 8.98. The maximum atomic E-state index is 3.22. The van der Waals surface area contributed by atoms with Crippen molar-refractivity contribution in [3.8, 4) is 11.1 Å². The van der Waals surface area contributed by atoms with Gasteiger partial charge < -0.3 is 5.32 Å². The van der Waals surface area contributed by atoms with Gasteiger partial charge >= 0.3 is 0 Å². The van der Waals surface area contributed by atoms with Crippen LogP contribution in [0.2, 0.25) is 0 Å². The number of fused-ring (bicyclic) bond motifs is 1. The van der Waals surface area contributed by atoms with E-state index in [-0.39, 0.29) is 0 Å². The fourth-order valence-corrected chi connectivity index (χ4v) is 2.04. The Morgan fingerprint density at radius 2 is 1.75 bits per heavy atom. The molecule has 2 aromatic carbocycles. The van der Waals surface area contributed by atoms with Crippen molar-refractivity contribution in [3.05, 3.63) is 65.9 Å². The van der Waals surface area contributed by atoms with Gasteiger partial charge in [-0.3, -0.25) is 0 Å². The second-order valence-electron chi connectivity index (χ2n) is 3.99. The van der Waals surface area contributed by atoms with Crippen molar-refractivity contribution >= 4 is 6.08 Å². The van der Waals surface area contributed by atoms with Gasteiger partial charge in [0.05, 0.1) is 0 Å². The fourth-order valence-electron chi connectivity index (χ4n) is 2.04. The van der Waals surface area contributed by atoms with Crippen molar-refractivity contribution in [2.45, 2.75) is 6.54 Å². The Kier molecular flexibility index (Phi) is 2.22. The van der Waals surface area contributed by atoms with Gasteiger partial charge in [0.1, 0.15) is 0 Å². The van der Waals surface area contributed by atoms with Gasteiger partial charge in [0.2, 0.25) is 0 Å². The smallest absolute Gasteiger partial charge is 0.0401 e. The number of hydrogen-bond donors (Lipinski definition) is 1. The van der Waals surface area contributed by atoms with Gasteiger partial charge in [0, 0.05) is 6.54 Å². The summed E-state index contributed by atoms with van der Waals surface area (Å²) in [4.78, 5) is 0. The van der Waals surface area contributed by atoms with Crippen LogP contribution in [-0.4, -0.2) is 0 Å². The highest BCUT2D eigenvalue weighted by Gasteiger charge is 2.05. The summed E-state index contributed by atoms with van der Waals surface area (Å²) in [6, 6.07) is 17.1. The molecule has 16 heavy (non-hydrogen) atoms. The summed E-state index contributed by atoms with van der Waals surface area (Å²) >= 11 is 0. The molecule has 1 nitrogen and oxygen atoms in total.